The first kappa shape index (κ1) is 23.5. The summed E-state index contributed by atoms with van der Waals surface area (Å²) in [6.45, 7) is 0.471. The summed E-state index contributed by atoms with van der Waals surface area (Å²) in [6, 6.07) is 13.9. The zero-order valence-electron chi connectivity index (χ0n) is 18.9. The molecular weight excluding hydrogens is 406 g/mol. The Morgan fingerprint density at radius 3 is 2.59 bits per heavy atom. The van der Waals surface area contributed by atoms with E-state index in [9.17, 15) is 4.79 Å². The number of fused-ring (bicyclic) bond motifs is 1. The van der Waals surface area contributed by atoms with Gasteiger partial charge in [0.1, 0.15) is 18.2 Å². The van der Waals surface area contributed by atoms with Crippen molar-refractivity contribution in [1.82, 2.24) is 4.90 Å². The Hall–Kier alpha value is -3.19. The Labute approximate surface area is 189 Å². The lowest BCUT2D eigenvalue weighted by molar-refractivity contribution is -0.140. The number of carbonyl (C=O) groups is 1. The molecule has 2 atom stereocenters. The summed E-state index contributed by atoms with van der Waals surface area (Å²) in [6.07, 6.45) is 4.43. The fourth-order valence-electron chi connectivity index (χ4n) is 3.97. The van der Waals surface area contributed by atoms with Gasteiger partial charge in [0.2, 0.25) is 0 Å². The molecule has 0 heterocycles. The van der Waals surface area contributed by atoms with Crippen LogP contribution in [0.2, 0.25) is 0 Å². The van der Waals surface area contributed by atoms with E-state index in [-0.39, 0.29) is 12.3 Å². The van der Waals surface area contributed by atoms with Gasteiger partial charge in [-0.05, 0) is 53.6 Å². The molecule has 7 nitrogen and oxygen atoms in total. The number of likely N-dealkylation sites (N-methyl/N-ethyl adjacent to an activating group) is 1. The van der Waals surface area contributed by atoms with Gasteiger partial charge in [-0.15, -0.1) is 0 Å². The molecule has 0 bridgehead atoms. The first-order valence-electron chi connectivity index (χ1n) is 10.7. The predicted octanol–water partition coefficient (Wildman–Crippen LogP) is 3.93. The van der Waals surface area contributed by atoms with Gasteiger partial charge in [0, 0.05) is 14.2 Å². The monoisotopic (exact) mass is 437 g/mol. The quantitative estimate of drug-likeness (QED) is 0.352. The van der Waals surface area contributed by atoms with Gasteiger partial charge in [-0.1, -0.05) is 30.3 Å². The number of nitrogens with zero attached hydrogens (tertiary/aromatic N) is 1. The Balaban J connectivity index is 1.66. The normalized spacial score (nSPS) is 15.9. The van der Waals surface area contributed by atoms with Gasteiger partial charge in [0.25, 0.3) is 0 Å². The highest BCUT2D eigenvalue weighted by Crippen LogP contribution is 2.27. The van der Waals surface area contributed by atoms with E-state index in [0.717, 1.165) is 42.5 Å². The van der Waals surface area contributed by atoms with Gasteiger partial charge in [-0.3, -0.25) is 15.6 Å². The lowest BCUT2D eigenvalue weighted by Crippen LogP contribution is -2.31. The molecule has 1 aliphatic carbocycles. The first-order chi connectivity index (χ1) is 15.4. The van der Waals surface area contributed by atoms with Crippen molar-refractivity contribution in [2.45, 2.75) is 44.3 Å². The minimum atomic E-state index is -0.500. The maximum atomic E-state index is 11.8. The van der Waals surface area contributed by atoms with E-state index in [1.54, 1.807) is 14.2 Å². The number of ether oxygens (including phenoxy) is 3. The third-order valence-corrected chi connectivity index (χ3v) is 5.98. The third-order valence-electron chi connectivity index (χ3n) is 5.98. The average molecular weight is 438 g/mol. The molecule has 3 rings (SSSR count). The van der Waals surface area contributed by atoms with Crippen LogP contribution >= 0.6 is 0 Å². The van der Waals surface area contributed by atoms with Crippen LogP contribution in [0.1, 0.15) is 41.0 Å². The van der Waals surface area contributed by atoms with E-state index in [4.69, 9.17) is 25.0 Å². The van der Waals surface area contributed by atoms with Crippen molar-refractivity contribution in [3.63, 3.8) is 0 Å². The summed E-state index contributed by atoms with van der Waals surface area (Å²) in [5.41, 5.74) is 4.64. The van der Waals surface area contributed by atoms with Gasteiger partial charge < -0.3 is 19.1 Å². The van der Waals surface area contributed by atoms with E-state index < -0.39 is 11.9 Å². The van der Waals surface area contributed by atoms with E-state index >= 15 is 0 Å². The first-order valence-corrected chi connectivity index (χ1v) is 10.7. The number of nitrogens with one attached hydrogen (secondary N) is 2. The van der Waals surface area contributed by atoms with Crippen LogP contribution in [-0.2, 0) is 33.7 Å². The van der Waals surface area contributed by atoms with E-state index in [0.29, 0.717) is 12.7 Å². The van der Waals surface area contributed by atoms with Crippen molar-refractivity contribution in [3.05, 3.63) is 64.7 Å². The molecule has 1 aliphatic rings. The Kier molecular flexibility index (Phi) is 8.00. The minimum absolute atomic E-state index is 0.0345. The van der Waals surface area contributed by atoms with Crippen LogP contribution in [0.5, 0.6) is 5.75 Å². The van der Waals surface area contributed by atoms with Gasteiger partial charge >= 0.3 is 5.97 Å². The van der Waals surface area contributed by atoms with E-state index in [1.807, 2.05) is 24.3 Å². The SMILES string of the molecule is COC(=O)CC(C(=N)N(C)C=N)c1ccc(OCc2ccc3c(c2)CCC(OC)C3)cc1. The van der Waals surface area contributed by atoms with Crippen LogP contribution < -0.4 is 4.74 Å². The molecule has 0 saturated carbocycles. The second-order valence-corrected chi connectivity index (χ2v) is 8.02. The molecule has 32 heavy (non-hydrogen) atoms. The largest absolute Gasteiger partial charge is 0.489 e. The molecule has 2 N–H and O–H groups in total. The minimum Gasteiger partial charge on any atom is -0.489 e. The maximum absolute atomic E-state index is 11.8. The van der Waals surface area contributed by atoms with Crippen molar-refractivity contribution >= 4 is 18.1 Å². The number of rotatable bonds is 9. The fraction of sp³-hybridized carbons (Fsp3) is 0.400. The molecule has 2 aromatic rings. The highest BCUT2D eigenvalue weighted by Gasteiger charge is 2.23. The van der Waals surface area contributed by atoms with Crippen molar-refractivity contribution in [1.29, 1.82) is 10.8 Å². The van der Waals surface area contributed by atoms with Crippen LogP contribution in [0.3, 0.4) is 0 Å². The number of methoxy groups -OCH3 is 2. The number of hydrogen-bond donors (Lipinski definition) is 2. The summed E-state index contributed by atoms with van der Waals surface area (Å²) < 4.78 is 16.3. The molecule has 0 fully saturated rings. The van der Waals surface area contributed by atoms with Crippen molar-refractivity contribution < 1.29 is 19.0 Å². The van der Waals surface area contributed by atoms with Crippen LogP contribution in [0.4, 0.5) is 0 Å². The number of hydrogen-bond acceptors (Lipinski definition) is 6. The van der Waals surface area contributed by atoms with Crippen molar-refractivity contribution in [2.75, 3.05) is 21.3 Å². The molecule has 0 spiro atoms. The van der Waals surface area contributed by atoms with Gasteiger partial charge in [0.05, 0.1) is 31.9 Å². The maximum Gasteiger partial charge on any atom is 0.306 e. The highest BCUT2D eigenvalue weighted by atomic mass is 16.5. The number of carbonyl (C=O) groups excluding carboxylic acids is 1. The molecule has 0 aliphatic heterocycles. The molecule has 0 saturated heterocycles. The molecule has 7 heteroatoms. The predicted molar refractivity (Wildman–Crippen MR) is 124 cm³/mol. The lowest BCUT2D eigenvalue weighted by Gasteiger charge is -2.24. The van der Waals surface area contributed by atoms with Gasteiger partial charge in [-0.25, -0.2) is 0 Å². The number of amidine groups is 1. The lowest BCUT2D eigenvalue weighted by atomic mass is 9.88. The second kappa shape index (κ2) is 10.9. The Morgan fingerprint density at radius 2 is 1.94 bits per heavy atom. The zero-order valence-corrected chi connectivity index (χ0v) is 18.9. The third kappa shape index (κ3) is 5.73. The molecule has 0 aromatic heterocycles. The highest BCUT2D eigenvalue weighted by molar-refractivity contribution is 5.96. The summed E-state index contributed by atoms with van der Waals surface area (Å²) in [5, 5.41) is 15.7. The number of aryl methyl sites for hydroxylation is 1. The van der Waals surface area contributed by atoms with Gasteiger partial charge in [-0.2, -0.15) is 0 Å². The van der Waals surface area contributed by atoms with Crippen LogP contribution in [0.25, 0.3) is 0 Å². The smallest absolute Gasteiger partial charge is 0.306 e. The number of esters is 1. The topological polar surface area (TPSA) is 95.7 Å². The van der Waals surface area contributed by atoms with Gasteiger partial charge in [0.15, 0.2) is 0 Å². The van der Waals surface area contributed by atoms with E-state index in [2.05, 4.69) is 18.2 Å². The summed E-state index contributed by atoms with van der Waals surface area (Å²) in [4.78, 5) is 13.2. The average Bonchev–Trinajstić information content (AvgIpc) is 2.84. The molecule has 0 radical (unpaired) electrons. The Morgan fingerprint density at radius 1 is 1.19 bits per heavy atom. The number of benzene rings is 2. The summed E-state index contributed by atoms with van der Waals surface area (Å²) in [7, 11) is 4.72. The Bertz CT molecular complexity index is 958. The zero-order chi connectivity index (χ0) is 23.1. The standard InChI is InChI=1S/C25H31N3O4/c1-28(16-26)25(27)23(14-24(29)31-3)18-6-9-21(10-7-18)32-15-17-4-5-20-13-22(30-2)11-8-19(20)12-17/h4-7,9-10,12,16,22-23,26-27H,8,11,13-15H2,1-3H3. The van der Waals surface area contributed by atoms with E-state index in [1.165, 1.54) is 23.1 Å². The molecule has 0 amide bonds. The second-order valence-electron chi connectivity index (χ2n) is 8.02. The molecule has 2 aromatic carbocycles. The van der Waals surface area contributed by atoms with Crippen molar-refractivity contribution in [3.8, 4) is 5.75 Å². The van der Waals surface area contributed by atoms with Crippen LogP contribution in [-0.4, -0.2) is 50.4 Å². The molecule has 2 unspecified atom stereocenters. The van der Waals surface area contributed by atoms with Crippen LogP contribution in [0, 0.1) is 10.8 Å². The van der Waals surface area contributed by atoms with Crippen LogP contribution in [0.15, 0.2) is 42.5 Å². The molecule has 170 valence electrons. The van der Waals surface area contributed by atoms with Crippen molar-refractivity contribution in [2.24, 2.45) is 0 Å². The fourth-order valence-corrected chi connectivity index (χ4v) is 3.97. The summed E-state index contributed by atoms with van der Waals surface area (Å²) in [5.74, 6) is -0.0270. The summed E-state index contributed by atoms with van der Waals surface area (Å²) >= 11 is 0. The molecular formula is C25H31N3O4.